The predicted octanol–water partition coefficient (Wildman–Crippen LogP) is 2.47. The second-order valence-corrected chi connectivity index (χ2v) is 9.67. The molecule has 24 heavy (non-hydrogen) atoms. The van der Waals surface area contributed by atoms with Gasteiger partial charge in [0.15, 0.2) is 15.0 Å². The molecule has 3 rings (SSSR count). The first-order chi connectivity index (χ1) is 11.5. The Kier molecular flexibility index (Phi) is 5.30. The van der Waals surface area contributed by atoms with Crippen LogP contribution in [0.5, 0.6) is 0 Å². The zero-order valence-electron chi connectivity index (χ0n) is 13.7. The monoisotopic (exact) mass is 366 g/mol. The Labute approximate surface area is 147 Å². The number of fused-ring (bicyclic) bond motifs is 1. The molecule has 2 atom stereocenters. The zero-order chi connectivity index (χ0) is 17.2. The molecule has 1 amide bonds. The Bertz CT molecular complexity index is 731. The number of amides is 1. The highest BCUT2D eigenvalue weighted by Gasteiger charge is 2.48. The Morgan fingerprint density at radius 2 is 2.04 bits per heavy atom. The van der Waals surface area contributed by atoms with Crippen LogP contribution in [0.2, 0.25) is 0 Å². The van der Waals surface area contributed by atoms with Crippen molar-refractivity contribution >= 4 is 32.7 Å². The van der Waals surface area contributed by atoms with Crippen LogP contribution in [0.1, 0.15) is 31.7 Å². The van der Waals surface area contributed by atoms with E-state index < -0.39 is 9.84 Å². The molecule has 1 aromatic rings. The third-order valence-corrected chi connectivity index (χ3v) is 7.58. The second-order valence-electron chi connectivity index (χ2n) is 6.31. The van der Waals surface area contributed by atoms with Crippen LogP contribution in [-0.4, -0.2) is 47.2 Å². The van der Waals surface area contributed by atoms with Crippen molar-refractivity contribution in [1.82, 2.24) is 4.90 Å². The number of carbonyl (C=O) groups is 1. The highest BCUT2D eigenvalue weighted by molar-refractivity contribution is 8.15. The Morgan fingerprint density at radius 1 is 1.29 bits per heavy atom. The summed E-state index contributed by atoms with van der Waals surface area (Å²) in [6.07, 6.45) is 2.24. The minimum atomic E-state index is -3.00. The van der Waals surface area contributed by atoms with Crippen LogP contribution in [0.15, 0.2) is 35.3 Å². The summed E-state index contributed by atoms with van der Waals surface area (Å²) >= 11 is 1.45. The summed E-state index contributed by atoms with van der Waals surface area (Å²) in [5.74, 6) is 0.218. The van der Waals surface area contributed by atoms with Gasteiger partial charge in [-0.15, -0.1) is 0 Å². The predicted molar refractivity (Wildman–Crippen MR) is 97.8 cm³/mol. The lowest BCUT2D eigenvalue weighted by atomic mass is 10.1. The third-order valence-electron chi connectivity index (χ3n) is 4.34. The van der Waals surface area contributed by atoms with Gasteiger partial charge in [-0.05, 0) is 12.0 Å². The topological polar surface area (TPSA) is 66.8 Å². The quantitative estimate of drug-likeness (QED) is 0.801. The summed E-state index contributed by atoms with van der Waals surface area (Å²) in [7, 11) is -3.00. The molecule has 2 heterocycles. The summed E-state index contributed by atoms with van der Waals surface area (Å²) in [5.41, 5.74) is 1.09. The fourth-order valence-electron chi connectivity index (χ4n) is 3.09. The highest BCUT2D eigenvalue weighted by atomic mass is 32.2. The molecule has 2 fully saturated rings. The first-order valence-electron chi connectivity index (χ1n) is 8.27. The molecular weight excluding hydrogens is 344 g/mol. The number of aliphatic imine (C=N–C) groups is 1. The van der Waals surface area contributed by atoms with Gasteiger partial charge in [0, 0.05) is 18.2 Å². The van der Waals surface area contributed by atoms with Gasteiger partial charge in [-0.1, -0.05) is 55.4 Å². The normalized spacial score (nSPS) is 26.7. The van der Waals surface area contributed by atoms with Gasteiger partial charge in [-0.25, -0.2) is 8.42 Å². The lowest BCUT2D eigenvalue weighted by molar-refractivity contribution is -0.117. The largest absolute Gasteiger partial charge is 0.342 e. The van der Waals surface area contributed by atoms with Crippen LogP contribution in [-0.2, 0) is 21.2 Å². The van der Waals surface area contributed by atoms with Crippen molar-refractivity contribution in [3.8, 4) is 0 Å². The van der Waals surface area contributed by atoms with Gasteiger partial charge in [-0.3, -0.25) is 4.79 Å². The lowest BCUT2D eigenvalue weighted by Gasteiger charge is -2.24. The molecule has 2 aliphatic heterocycles. The third kappa shape index (κ3) is 4.00. The number of hydrogen-bond donors (Lipinski definition) is 0. The number of thioether (sulfide) groups is 1. The van der Waals surface area contributed by atoms with Crippen molar-refractivity contribution in [3.05, 3.63) is 35.9 Å². The highest BCUT2D eigenvalue weighted by Crippen LogP contribution is 2.39. The summed E-state index contributed by atoms with van der Waals surface area (Å²) in [6.45, 7) is 2.63. The van der Waals surface area contributed by atoms with Crippen LogP contribution in [0.25, 0.3) is 0 Å². The molecule has 7 heteroatoms. The smallest absolute Gasteiger partial charge is 0.248 e. The average molecular weight is 367 g/mol. The van der Waals surface area contributed by atoms with Gasteiger partial charge in [0.2, 0.25) is 5.91 Å². The number of rotatable bonds is 5. The van der Waals surface area contributed by atoms with E-state index in [1.54, 1.807) is 0 Å². The fourth-order valence-corrected chi connectivity index (χ4v) is 7.06. The van der Waals surface area contributed by atoms with Crippen LogP contribution in [0, 0.1) is 0 Å². The summed E-state index contributed by atoms with van der Waals surface area (Å²) in [4.78, 5) is 18.4. The molecule has 0 radical (unpaired) electrons. The lowest BCUT2D eigenvalue weighted by Crippen LogP contribution is -2.37. The minimum Gasteiger partial charge on any atom is -0.342 e. The first-order valence-corrected chi connectivity index (χ1v) is 11.0. The van der Waals surface area contributed by atoms with Crippen molar-refractivity contribution in [1.29, 1.82) is 0 Å². The number of hydrogen-bond acceptors (Lipinski definition) is 4. The van der Waals surface area contributed by atoms with Gasteiger partial charge >= 0.3 is 0 Å². The van der Waals surface area contributed by atoms with Gasteiger partial charge < -0.3 is 4.90 Å². The van der Waals surface area contributed by atoms with E-state index in [1.807, 2.05) is 42.2 Å². The summed E-state index contributed by atoms with van der Waals surface area (Å²) < 4.78 is 23.9. The van der Waals surface area contributed by atoms with Gasteiger partial charge in [-0.2, -0.15) is 4.99 Å². The molecule has 5 nitrogen and oxygen atoms in total. The van der Waals surface area contributed by atoms with Crippen molar-refractivity contribution in [2.45, 2.75) is 44.0 Å². The molecule has 2 aliphatic rings. The van der Waals surface area contributed by atoms with E-state index in [2.05, 4.69) is 4.99 Å². The Balaban J connectivity index is 1.82. The van der Waals surface area contributed by atoms with E-state index in [4.69, 9.17) is 0 Å². The standard InChI is InChI=1S/C17H22N2O3S2/c1-2-3-9-16(20)18-17-19(10-13-7-5-4-6-8-13)14-11-24(21,22)12-15(14)23-17/h4-8,14-15H,2-3,9-12H2,1H3/t14-,15-/m0/s1. The number of unbranched alkanes of at least 4 members (excludes halogenated alkanes) is 1. The number of carbonyl (C=O) groups excluding carboxylic acids is 1. The molecule has 0 aliphatic carbocycles. The van der Waals surface area contributed by atoms with Gasteiger partial charge in [0.1, 0.15) is 0 Å². The Morgan fingerprint density at radius 3 is 2.75 bits per heavy atom. The van der Waals surface area contributed by atoms with Gasteiger partial charge in [0.05, 0.1) is 17.5 Å². The summed E-state index contributed by atoms with van der Waals surface area (Å²) in [5, 5.41) is 0.668. The molecule has 0 unspecified atom stereocenters. The minimum absolute atomic E-state index is 0.0172. The number of benzene rings is 1. The molecule has 0 bridgehead atoms. The number of sulfone groups is 1. The average Bonchev–Trinajstić information content (AvgIpc) is 2.99. The van der Waals surface area contributed by atoms with Crippen molar-refractivity contribution in [2.24, 2.45) is 4.99 Å². The van der Waals surface area contributed by atoms with Crippen LogP contribution in [0.4, 0.5) is 0 Å². The molecular formula is C17H22N2O3S2. The molecule has 130 valence electrons. The first kappa shape index (κ1) is 17.5. The number of nitrogens with zero attached hydrogens (tertiary/aromatic N) is 2. The maximum absolute atomic E-state index is 12.1. The number of amidine groups is 1. The molecule has 0 spiro atoms. The Hall–Kier alpha value is -1.34. The molecule has 0 saturated carbocycles. The van der Waals surface area contributed by atoms with E-state index in [0.29, 0.717) is 18.1 Å². The molecule has 2 saturated heterocycles. The summed E-state index contributed by atoms with van der Waals surface area (Å²) in [6, 6.07) is 9.82. The van der Waals surface area contributed by atoms with Crippen molar-refractivity contribution in [2.75, 3.05) is 11.5 Å². The second kappa shape index (κ2) is 7.27. The van der Waals surface area contributed by atoms with E-state index in [1.165, 1.54) is 11.8 Å². The van der Waals surface area contributed by atoms with Crippen molar-refractivity contribution in [3.63, 3.8) is 0 Å². The van der Waals surface area contributed by atoms with E-state index in [9.17, 15) is 13.2 Å². The van der Waals surface area contributed by atoms with Crippen LogP contribution in [0.3, 0.4) is 0 Å². The fraction of sp³-hybridized carbons (Fsp3) is 0.529. The molecule has 0 N–H and O–H groups in total. The van der Waals surface area contributed by atoms with Crippen LogP contribution < -0.4 is 0 Å². The van der Waals surface area contributed by atoms with E-state index in [0.717, 1.165) is 18.4 Å². The van der Waals surface area contributed by atoms with Gasteiger partial charge in [0.25, 0.3) is 0 Å². The van der Waals surface area contributed by atoms with Crippen LogP contribution >= 0.6 is 11.8 Å². The molecule has 1 aromatic carbocycles. The maximum Gasteiger partial charge on any atom is 0.248 e. The SMILES string of the molecule is CCCCC(=O)N=C1S[C@H]2CS(=O)(=O)C[C@@H]2N1Cc1ccccc1. The van der Waals surface area contributed by atoms with E-state index in [-0.39, 0.29) is 28.7 Å². The maximum atomic E-state index is 12.1. The molecule has 0 aromatic heterocycles. The zero-order valence-corrected chi connectivity index (χ0v) is 15.4. The van der Waals surface area contributed by atoms with Crippen molar-refractivity contribution < 1.29 is 13.2 Å². The van der Waals surface area contributed by atoms with E-state index >= 15 is 0 Å².